The summed E-state index contributed by atoms with van der Waals surface area (Å²) < 4.78 is 48.1. The highest BCUT2D eigenvalue weighted by atomic mass is 19.4. The molecule has 8 heteroatoms. The Morgan fingerprint density at radius 3 is 2.42 bits per heavy atom. The first-order valence-electron chi connectivity index (χ1n) is 5.46. The fraction of sp³-hybridized carbons (Fsp3) is 0.545. The van der Waals surface area contributed by atoms with Crippen LogP contribution in [0.5, 0.6) is 11.6 Å². The Morgan fingerprint density at radius 1 is 1.32 bits per heavy atom. The van der Waals surface area contributed by atoms with Gasteiger partial charge in [-0.2, -0.15) is 13.2 Å². The van der Waals surface area contributed by atoms with Gasteiger partial charge >= 0.3 is 13.9 Å². The zero-order valence-corrected chi connectivity index (χ0v) is 10.8. The molecule has 0 fully saturated rings. The molecule has 0 atom stereocenters. The Bertz CT molecular complexity index is 432. The van der Waals surface area contributed by atoms with Crippen molar-refractivity contribution in [3.05, 3.63) is 17.8 Å². The minimum Gasteiger partial charge on any atom is -0.536 e. The molecule has 0 aromatic carbocycles. The van der Waals surface area contributed by atoms with E-state index in [-0.39, 0.29) is 25.5 Å². The minimum atomic E-state index is -4.62. The van der Waals surface area contributed by atoms with E-state index in [1.54, 1.807) is 0 Å². The summed E-state index contributed by atoms with van der Waals surface area (Å²) in [5.41, 5.74) is -1.34. The standard InChI is InChI=1S/C11H14BF3NO3/c1-10(2,3)6-18-9-8(11(13,14)15)4-7(5-16-9)19-12-17/h4-5,17H,6H2,1-3H3. The lowest BCUT2D eigenvalue weighted by Crippen LogP contribution is -2.19. The third kappa shape index (κ3) is 4.98. The fourth-order valence-electron chi connectivity index (χ4n) is 1.16. The first kappa shape index (κ1) is 15.6. The van der Waals surface area contributed by atoms with Crippen molar-refractivity contribution in [1.82, 2.24) is 4.98 Å². The lowest BCUT2D eigenvalue weighted by Gasteiger charge is -2.20. The van der Waals surface area contributed by atoms with Crippen molar-refractivity contribution in [1.29, 1.82) is 0 Å². The van der Waals surface area contributed by atoms with Gasteiger partial charge in [0.25, 0.3) is 0 Å². The third-order valence-corrected chi connectivity index (χ3v) is 1.96. The maximum absolute atomic E-state index is 12.8. The Balaban J connectivity index is 3.03. The SMILES string of the molecule is CC(C)(C)COc1ncc(O[B]O)cc1C(F)(F)F. The van der Waals surface area contributed by atoms with Crippen molar-refractivity contribution in [2.75, 3.05) is 6.61 Å². The largest absolute Gasteiger partial charge is 0.569 e. The second-order valence-electron chi connectivity index (χ2n) is 5.09. The Hall–Kier alpha value is -1.44. The number of halogens is 3. The first-order valence-corrected chi connectivity index (χ1v) is 5.46. The van der Waals surface area contributed by atoms with Crippen LogP contribution in [0.4, 0.5) is 13.2 Å². The molecule has 105 valence electrons. The van der Waals surface area contributed by atoms with E-state index in [0.717, 1.165) is 12.3 Å². The molecular formula is C11H14BF3NO3. The number of aromatic nitrogens is 1. The van der Waals surface area contributed by atoms with Gasteiger partial charge in [-0.3, -0.25) is 0 Å². The minimum absolute atomic E-state index is 0.0927. The summed E-state index contributed by atoms with van der Waals surface area (Å²) >= 11 is 0. The van der Waals surface area contributed by atoms with Crippen molar-refractivity contribution >= 4 is 7.69 Å². The van der Waals surface area contributed by atoms with Crippen LogP contribution in [0.1, 0.15) is 26.3 Å². The number of hydrogen-bond acceptors (Lipinski definition) is 4. The van der Waals surface area contributed by atoms with E-state index < -0.39 is 17.6 Å². The zero-order valence-electron chi connectivity index (χ0n) is 10.8. The van der Waals surface area contributed by atoms with Crippen LogP contribution in [0, 0.1) is 5.41 Å². The van der Waals surface area contributed by atoms with Gasteiger partial charge in [0.2, 0.25) is 5.88 Å². The number of nitrogens with zero attached hydrogens (tertiary/aromatic N) is 1. The molecule has 0 aliphatic carbocycles. The number of hydrogen-bond donors (Lipinski definition) is 1. The molecule has 0 bridgehead atoms. The predicted molar refractivity (Wildman–Crippen MR) is 62.8 cm³/mol. The van der Waals surface area contributed by atoms with Gasteiger partial charge in [0.1, 0.15) is 11.3 Å². The summed E-state index contributed by atoms with van der Waals surface area (Å²) in [6, 6.07) is 0.720. The van der Waals surface area contributed by atoms with Gasteiger partial charge < -0.3 is 14.4 Å². The summed E-state index contributed by atoms with van der Waals surface area (Å²) in [6.07, 6.45) is -3.57. The summed E-state index contributed by atoms with van der Waals surface area (Å²) in [5, 5.41) is 8.41. The Labute approximate surface area is 109 Å². The van der Waals surface area contributed by atoms with E-state index >= 15 is 0 Å². The van der Waals surface area contributed by atoms with Gasteiger partial charge in [-0.15, -0.1) is 0 Å². The van der Waals surface area contributed by atoms with E-state index in [4.69, 9.17) is 9.76 Å². The quantitative estimate of drug-likeness (QED) is 0.858. The highest BCUT2D eigenvalue weighted by Gasteiger charge is 2.36. The van der Waals surface area contributed by atoms with Gasteiger partial charge in [-0.25, -0.2) is 4.98 Å². The number of rotatable bonds is 4. The van der Waals surface area contributed by atoms with Crippen molar-refractivity contribution in [2.45, 2.75) is 26.9 Å². The second-order valence-corrected chi connectivity index (χ2v) is 5.09. The molecule has 0 aliphatic rings. The second kappa shape index (κ2) is 5.69. The molecule has 1 radical (unpaired) electrons. The maximum Gasteiger partial charge on any atom is 0.569 e. The molecule has 0 saturated carbocycles. The van der Waals surface area contributed by atoms with Gasteiger partial charge in [0.15, 0.2) is 0 Å². The van der Waals surface area contributed by atoms with Crippen LogP contribution in [0.2, 0.25) is 0 Å². The van der Waals surface area contributed by atoms with E-state index in [1.165, 1.54) is 0 Å². The summed E-state index contributed by atoms with van der Waals surface area (Å²) in [6.45, 7) is 5.59. The number of pyridine rings is 1. The molecule has 1 aromatic heterocycles. The molecule has 1 heterocycles. The lowest BCUT2D eigenvalue weighted by atomic mass is 9.99. The molecule has 19 heavy (non-hydrogen) atoms. The van der Waals surface area contributed by atoms with Gasteiger partial charge in [0, 0.05) is 0 Å². The Morgan fingerprint density at radius 2 is 1.95 bits per heavy atom. The van der Waals surface area contributed by atoms with Crippen LogP contribution in [0.15, 0.2) is 12.3 Å². The van der Waals surface area contributed by atoms with Gasteiger partial charge in [0.05, 0.1) is 12.8 Å². The van der Waals surface area contributed by atoms with E-state index in [0.29, 0.717) is 0 Å². The highest BCUT2D eigenvalue weighted by Crippen LogP contribution is 2.37. The molecule has 1 aromatic rings. The van der Waals surface area contributed by atoms with Crippen molar-refractivity contribution in [3.8, 4) is 11.6 Å². The van der Waals surface area contributed by atoms with Crippen LogP contribution in [-0.4, -0.2) is 24.3 Å². The monoisotopic (exact) mass is 276 g/mol. The van der Waals surface area contributed by atoms with Gasteiger partial charge in [-0.05, 0) is 11.5 Å². The molecule has 0 spiro atoms. The summed E-state index contributed by atoms with van der Waals surface area (Å²) in [4.78, 5) is 3.57. The third-order valence-electron chi connectivity index (χ3n) is 1.96. The molecule has 0 aliphatic heterocycles. The molecular weight excluding hydrogens is 262 g/mol. The topological polar surface area (TPSA) is 51.6 Å². The highest BCUT2D eigenvalue weighted by molar-refractivity contribution is 6.17. The molecule has 0 unspecified atom stereocenters. The lowest BCUT2D eigenvalue weighted by molar-refractivity contribution is -0.139. The molecule has 1 N–H and O–H groups in total. The maximum atomic E-state index is 12.8. The van der Waals surface area contributed by atoms with Gasteiger partial charge in [-0.1, -0.05) is 20.8 Å². The predicted octanol–water partition coefficient (Wildman–Crippen LogP) is 2.43. The number of ether oxygens (including phenoxy) is 1. The normalized spacial score (nSPS) is 12.2. The number of alkyl halides is 3. The zero-order chi connectivity index (χ0) is 14.7. The van der Waals surface area contributed by atoms with E-state index in [1.807, 2.05) is 20.8 Å². The van der Waals surface area contributed by atoms with Crippen LogP contribution in [0.3, 0.4) is 0 Å². The molecule has 4 nitrogen and oxygen atoms in total. The molecule has 0 saturated heterocycles. The van der Waals surface area contributed by atoms with Crippen molar-refractivity contribution in [3.63, 3.8) is 0 Å². The molecule has 0 amide bonds. The summed E-state index contributed by atoms with van der Waals surface area (Å²) in [5.74, 6) is -0.731. The average molecular weight is 276 g/mol. The van der Waals surface area contributed by atoms with Crippen LogP contribution in [0.25, 0.3) is 0 Å². The van der Waals surface area contributed by atoms with Crippen LogP contribution >= 0.6 is 0 Å². The van der Waals surface area contributed by atoms with Crippen LogP contribution < -0.4 is 9.39 Å². The summed E-state index contributed by atoms with van der Waals surface area (Å²) in [7, 11) is 0.285. The van der Waals surface area contributed by atoms with Crippen LogP contribution in [-0.2, 0) is 6.18 Å². The Kier molecular flexibility index (Phi) is 4.68. The van der Waals surface area contributed by atoms with Crippen molar-refractivity contribution in [2.24, 2.45) is 5.41 Å². The van der Waals surface area contributed by atoms with E-state index in [9.17, 15) is 13.2 Å². The average Bonchev–Trinajstić information content (AvgIpc) is 2.25. The van der Waals surface area contributed by atoms with Crippen molar-refractivity contribution < 1.29 is 27.6 Å². The van der Waals surface area contributed by atoms with E-state index in [2.05, 4.69) is 9.64 Å². The first-order chi connectivity index (χ1) is 8.63. The molecule has 1 rings (SSSR count). The fourth-order valence-corrected chi connectivity index (χ4v) is 1.16. The smallest absolute Gasteiger partial charge is 0.536 e.